The Labute approximate surface area is 78.1 Å². The molecule has 1 radical (unpaired) electrons. The van der Waals surface area contributed by atoms with Gasteiger partial charge in [-0.15, -0.1) is 0 Å². The Kier molecular flexibility index (Phi) is 2.09. The van der Waals surface area contributed by atoms with E-state index in [0.29, 0.717) is 0 Å². The first kappa shape index (κ1) is 7.99. The number of benzene rings is 1. The molecule has 0 spiro atoms. The molecule has 0 unspecified atom stereocenters. The minimum absolute atomic E-state index is 1.05. The normalized spacial score (nSPS) is 9.92. The SMILES string of the molecule is Cc1ccc(-c2cc[c]cc2)cn1. The molecule has 13 heavy (non-hydrogen) atoms. The lowest BCUT2D eigenvalue weighted by molar-refractivity contribution is 1.20. The van der Waals surface area contributed by atoms with E-state index in [0.717, 1.165) is 11.3 Å². The van der Waals surface area contributed by atoms with Crippen molar-refractivity contribution >= 4 is 0 Å². The van der Waals surface area contributed by atoms with E-state index in [4.69, 9.17) is 0 Å². The fraction of sp³-hybridized carbons (Fsp3) is 0.0833. The van der Waals surface area contributed by atoms with Crippen LogP contribution in [0.1, 0.15) is 5.69 Å². The van der Waals surface area contributed by atoms with Crippen LogP contribution in [0.2, 0.25) is 0 Å². The molecule has 0 aliphatic rings. The van der Waals surface area contributed by atoms with Gasteiger partial charge in [-0.2, -0.15) is 0 Å². The summed E-state index contributed by atoms with van der Waals surface area (Å²) in [5.41, 5.74) is 3.39. The molecule has 1 aromatic carbocycles. The molecule has 1 aromatic heterocycles. The quantitative estimate of drug-likeness (QED) is 0.638. The summed E-state index contributed by atoms with van der Waals surface area (Å²) in [6, 6.07) is 15.0. The summed E-state index contributed by atoms with van der Waals surface area (Å²) >= 11 is 0. The lowest BCUT2D eigenvalue weighted by Gasteiger charge is -1.99. The maximum atomic E-state index is 4.25. The number of nitrogens with zero attached hydrogens (tertiary/aromatic N) is 1. The number of rotatable bonds is 1. The molecule has 63 valence electrons. The molecule has 0 bridgehead atoms. The van der Waals surface area contributed by atoms with E-state index in [1.165, 1.54) is 5.56 Å². The van der Waals surface area contributed by atoms with Gasteiger partial charge in [0, 0.05) is 17.5 Å². The Morgan fingerprint density at radius 3 is 2.38 bits per heavy atom. The standard InChI is InChI=1S/C12H10N/c1-10-7-8-12(9-13-10)11-5-3-2-4-6-11/h3-9H,1H3. The van der Waals surface area contributed by atoms with Gasteiger partial charge in [0.15, 0.2) is 0 Å². The summed E-state index contributed by atoms with van der Waals surface area (Å²) < 4.78 is 0. The molecule has 2 aromatic rings. The topological polar surface area (TPSA) is 12.9 Å². The zero-order valence-electron chi connectivity index (χ0n) is 7.49. The van der Waals surface area contributed by atoms with Crippen molar-refractivity contribution in [1.82, 2.24) is 4.98 Å². The molecule has 0 amide bonds. The smallest absolute Gasteiger partial charge is 0.0373 e. The van der Waals surface area contributed by atoms with Crippen molar-refractivity contribution in [1.29, 1.82) is 0 Å². The van der Waals surface area contributed by atoms with Crippen molar-refractivity contribution in [2.45, 2.75) is 6.92 Å². The molecule has 0 N–H and O–H groups in total. The van der Waals surface area contributed by atoms with E-state index in [9.17, 15) is 0 Å². The van der Waals surface area contributed by atoms with Gasteiger partial charge in [0.2, 0.25) is 0 Å². The summed E-state index contributed by atoms with van der Waals surface area (Å²) in [4.78, 5) is 4.25. The molecule has 0 aliphatic heterocycles. The Hall–Kier alpha value is -1.63. The number of hydrogen-bond acceptors (Lipinski definition) is 1. The molecular formula is C12H10N. The van der Waals surface area contributed by atoms with Crippen LogP contribution in [0.3, 0.4) is 0 Å². The first-order chi connectivity index (χ1) is 6.36. The maximum Gasteiger partial charge on any atom is 0.0373 e. The van der Waals surface area contributed by atoms with E-state index in [1.807, 2.05) is 43.5 Å². The molecule has 0 fully saturated rings. The van der Waals surface area contributed by atoms with Crippen molar-refractivity contribution < 1.29 is 0 Å². The first-order valence-corrected chi connectivity index (χ1v) is 4.25. The van der Waals surface area contributed by atoms with Crippen LogP contribution in [0.15, 0.2) is 42.6 Å². The monoisotopic (exact) mass is 168 g/mol. The number of hydrogen-bond donors (Lipinski definition) is 0. The third-order valence-corrected chi connectivity index (χ3v) is 1.96. The second kappa shape index (κ2) is 3.40. The van der Waals surface area contributed by atoms with Crippen molar-refractivity contribution in [3.63, 3.8) is 0 Å². The van der Waals surface area contributed by atoms with E-state index < -0.39 is 0 Å². The Morgan fingerprint density at radius 2 is 1.77 bits per heavy atom. The van der Waals surface area contributed by atoms with Gasteiger partial charge in [-0.05, 0) is 24.6 Å². The van der Waals surface area contributed by atoms with Gasteiger partial charge in [-0.25, -0.2) is 0 Å². The van der Waals surface area contributed by atoms with Crippen molar-refractivity contribution in [2.24, 2.45) is 0 Å². The third kappa shape index (κ3) is 1.75. The van der Waals surface area contributed by atoms with Crippen LogP contribution in [0.4, 0.5) is 0 Å². The number of aryl methyl sites for hydroxylation is 1. The summed E-state index contributed by atoms with van der Waals surface area (Å²) in [5, 5.41) is 0. The molecule has 1 heterocycles. The van der Waals surface area contributed by atoms with Gasteiger partial charge in [-0.1, -0.05) is 30.3 Å². The largest absolute Gasteiger partial charge is 0.261 e. The highest BCUT2D eigenvalue weighted by Crippen LogP contribution is 2.16. The lowest BCUT2D eigenvalue weighted by Crippen LogP contribution is -1.81. The van der Waals surface area contributed by atoms with Gasteiger partial charge in [-0.3, -0.25) is 4.98 Å². The third-order valence-electron chi connectivity index (χ3n) is 1.96. The van der Waals surface area contributed by atoms with E-state index in [2.05, 4.69) is 17.1 Å². The van der Waals surface area contributed by atoms with E-state index in [1.54, 1.807) is 0 Å². The van der Waals surface area contributed by atoms with Gasteiger partial charge >= 0.3 is 0 Å². The summed E-state index contributed by atoms with van der Waals surface area (Å²) in [7, 11) is 0. The van der Waals surface area contributed by atoms with Crippen molar-refractivity contribution in [2.75, 3.05) is 0 Å². The average molecular weight is 168 g/mol. The van der Waals surface area contributed by atoms with Gasteiger partial charge < -0.3 is 0 Å². The molecule has 0 atom stereocenters. The lowest BCUT2D eigenvalue weighted by atomic mass is 10.1. The van der Waals surface area contributed by atoms with Crippen LogP contribution in [0.5, 0.6) is 0 Å². The molecule has 0 aliphatic carbocycles. The van der Waals surface area contributed by atoms with Gasteiger partial charge in [0.05, 0.1) is 0 Å². The van der Waals surface area contributed by atoms with Crippen LogP contribution < -0.4 is 0 Å². The van der Waals surface area contributed by atoms with Crippen LogP contribution in [0, 0.1) is 13.0 Å². The number of aromatic nitrogens is 1. The second-order valence-corrected chi connectivity index (χ2v) is 2.98. The molecule has 0 saturated heterocycles. The van der Waals surface area contributed by atoms with Crippen LogP contribution in [0.25, 0.3) is 11.1 Å². The summed E-state index contributed by atoms with van der Waals surface area (Å²) in [6.07, 6.45) is 1.89. The zero-order chi connectivity index (χ0) is 9.10. The zero-order valence-corrected chi connectivity index (χ0v) is 7.49. The molecule has 1 nitrogen and oxygen atoms in total. The minimum Gasteiger partial charge on any atom is -0.261 e. The number of pyridine rings is 1. The van der Waals surface area contributed by atoms with Gasteiger partial charge in [0.1, 0.15) is 0 Å². The van der Waals surface area contributed by atoms with Crippen LogP contribution >= 0.6 is 0 Å². The predicted molar refractivity (Wildman–Crippen MR) is 53.2 cm³/mol. The highest BCUT2D eigenvalue weighted by Gasteiger charge is 1.94. The second-order valence-electron chi connectivity index (χ2n) is 2.98. The van der Waals surface area contributed by atoms with Crippen LogP contribution in [-0.4, -0.2) is 4.98 Å². The fourth-order valence-electron chi connectivity index (χ4n) is 1.22. The van der Waals surface area contributed by atoms with Crippen LogP contribution in [-0.2, 0) is 0 Å². The Morgan fingerprint density at radius 1 is 1.00 bits per heavy atom. The maximum absolute atomic E-state index is 4.25. The Balaban J connectivity index is 2.42. The predicted octanol–water partition coefficient (Wildman–Crippen LogP) is 2.86. The molecule has 1 heteroatoms. The highest BCUT2D eigenvalue weighted by molar-refractivity contribution is 5.61. The van der Waals surface area contributed by atoms with Crippen molar-refractivity contribution in [3.8, 4) is 11.1 Å². The molecule has 0 saturated carbocycles. The average Bonchev–Trinajstić information content (AvgIpc) is 2.20. The van der Waals surface area contributed by atoms with E-state index in [-0.39, 0.29) is 0 Å². The fourth-order valence-corrected chi connectivity index (χ4v) is 1.22. The van der Waals surface area contributed by atoms with Gasteiger partial charge in [0.25, 0.3) is 0 Å². The van der Waals surface area contributed by atoms with Crippen molar-refractivity contribution in [3.05, 3.63) is 54.4 Å². The molecule has 2 rings (SSSR count). The highest BCUT2D eigenvalue weighted by atomic mass is 14.7. The minimum atomic E-state index is 1.05. The van der Waals surface area contributed by atoms with E-state index >= 15 is 0 Å². The molecular weight excluding hydrogens is 158 g/mol. The Bertz CT molecular complexity index is 376. The first-order valence-electron chi connectivity index (χ1n) is 4.25. The summed E-state index contributed by atoms with van der Waals surface area (Å²) in [5.74, 6) is 0. The summed E-state index contributed by atoms with van der Waals surface area (Å²) in [6.45, 7) is 1.99.